The third-order valence-corrected chi connectivity index (χ3v) is 3.75. The van der Waals surface area contributed by atoms with Gasteiger partial charge in [0.05, 0.1) is 21.3 Å². The minimum atomic E-state index is -0.861. The summed E-state index contributed by atoms with van der Waals surface area (Å²) in [6.07, 6.45) is 6.96. The van der Waals surface area contributed by atoms with Crippen LogP contribution in [0.4, 0.5) is 0 Å². The summed E-state index contributed by atoms with van der Waals surface area (Å²) in [7, 11) is 0. The largest absolute Gasteiger partial charge is 0.368 e. The zero-order valence-corrected chi connectivity index (χ0v) is 11.1. The van der Waals surface area contributed by atoms with Crippen LogP contribution in [0.2, 0.25) is 0 Å². The predicted molar refractivity (Wildman–Crippen MR) is 68.6 cm³/mol. The van der Waals surface area contributed by atoms with E-state index >= 15 is 0 Å². The number of rotatable bonds is 2. The fourth-order valence-electron chi connectivity index (χ4n) is 2.24. The fraction of sp³-hybridized carbons (Fsp3) is 0.600. The summed E-state index contributed by atoms with van der Waals surface area (Å²) >= 11 is 2.21. The van der Waals surface area contributed by atoms with Crippen LogP contribution >= 0.6 is 22.6 Å². The molecule has 4 N–H and O–H groups in total. The molecule has 0 aliphatic heterocycles. The summed E-state index contributed by atoms with van der Waals surface area (Å²) < 4.78 is 2.98. The van der Waals surface area contributed by atoms with Crippen molar-refractivity contribution in [3.63, 3.8) is 0 Å². The molecule has 1 aliphatic rings. The highest BCUT2D eigenvalue weighted by Gasteiger charge is 2.38. The molecule has 88 valence electrons. The van der Waals surface area contributed by atoms with Crippen molar-refractivity contribution >= 4 is 28.5 Å². The van der Waals surface area contributed by atoms with E-state index in [2.05, 4.69) is 27.7 Å². The Labute approximate surface area is 108 Å². The van der Waals surface area contributed by atoms with Gasteiger partial charge in [0.25, 0.3) is 0 Å². The summed E-state index contributed by atoms with van der Waals surface area (Å²) in [5.41, 5.74) is 10.5. The average molecular weight is 334 g/mol. The molecular weight excluding hydrogens is 319 g/mol. The minimum Gasteiger partial charge on any atom is -0.368 e. The Hall–Kier alpha value is -0.630. The third-order valence-electron chi connectivity index (χ3n) is 3.19. The molecule has 2 rings (SSSR count). The highest BCUT2D eigenvalue weighted by molar-refractivity contribution is 14.1. The van der Waals surface area contributed by atoms with E-state index in [0.717, 1.165) is 16.4 Å². The van der Waals surface area contributed by atoms with Gasteiger partial charge >= 0.3 is 0 Å². The molecule has 0 bridgehead atoms. The van der Waals surface area contributed by atoms with Crippen molar-refractivity contribution in [1.29, 1.82) is 0 Å². The van der Waals surface area contributed by atoms with E-state index in [-0.39, 0.29) is 6.04 Å². The highest BCUT2D eigenvalue weighted by Crippen LogP contribution is 2.33. The van der Waals surface area contributed by atoms with E-state index in [1.165, 1.54) is 0 Å². The molecule has 0 spiro atoms. The van der Waals surface area contributed by atoms with E-state index < -0.39 is 11.4 Å². The Morgan fingerprint density at radius 2 is 2.44 bits per heavy atom. The molecule has 6 heteroatoms. The molecule has 1 amide bonds. The number of carbonyl (C=O) groups is 1. The Morgan fingerprint density at radius 1 is 1.69 bits per heavy atom. The summed E-state index contributed by atoms with van der Waals surface area (Å²) in [6.45, 7) is 0. The molecule has 0 aromatic carbocycles. The number of amides is 1. The van der Waals surface area contributed by atoms with Gasteiger partial charge in [0.1, 0.15) is 0 Å². The van der Waals surface area contributed by atoms with Gasteiger partial charge in [-0.05, 0) is 48.3 Å². The smallest absolute Gasteiger partial charge is 0.237 e. The van der Waals surface area contributed by atoms with E-state index in [0.29, 0.717) is 12.8 Å². The standard InChI is InChI=1S/C10H15IN4O/c11-7-5-14-15(6-7)8-2-1-3-10(13,4-8)9(12)16/h5-6,8H,1-4,13H2,(H2,12,16). The van der Waals surface area contributed by atoms with Crippen LogP contribution in [0.5, 0.6) is 0 Å². The van der Waals surface area contributed by atoms with Crippen molar-refractivity contribution in [2.24, 2.45) is 11.5 Å². The number of hydrogen-bond donors (Lipinski definition) is 2. The maximum Gasteiger partial charge on any atom is 0.237 e. The van der Waals surface area contributed by atoms with Crippen LogP contribution in [0.1, 0.15) is 31.7 Å². The third kappa shape index (κ3) is 2.22. The van der Waals surface area contributed by atoms with Gasteiger partial charge in [-0.2, -0.15) is 5.10 Å². The monoisotopic (exact) mass is 334 g/mol. The molecule has 5 nitrogen and oxygen atoms in total. The second-order valence-electron chi connectivity index (χ2n) is 4.41. The molecule has 1 aliphatic carbocycles. The van der Waals surface area contributed by atoms with Gasteiger partial charge in [-0.15, -0.1) is 0 Å². The molecule has 1 aromatic heterocycles. The van der Waals surface area contributed by atoms with Crippen molar-refractivity contribution in [3.8, 4) is 0 Å². The van der Waals surface area contributed by atoms with Crippen LogP contribution in [-0.2, 0) is 4.79 Å². The van der Waals surface area contributed by atoms with E-state index in [1.54, 1.807) is 6.20 Å². The first-order valence-electron chi connectivity index (χ1n) is 5.30. The Morgan fingerprint density at radius 3 is 3.00 bits per heavy atom. The van der Waals surface area contributed by atoms with Gasteiger partial charge in [-0.1, -0.05) is 0 Å². The molecule has 1 aromatic rings. The Bertz CT molecular complexity index is 405. The molecular formula is C10H15IN4O. The molecule has 0 saturated heterocycles. The summed E-state index contributed by atoms with van der Waals surface area (Å²) in [5, 5.41) is 4.27. The average Bonchev–Trinajstić information content (AvgIpc) is 2.65. The quantitative estimate of drug-likeness (QED) is 0.784. The molecule has 0 radical (unpaired) electrons. The lowest BCUT2D eigenvalue weighted by atomic mass is 9.79. The second kappa shape index (κ2) is 4.33. The molecule has 2 unspecified atom stereocenters. The normalized spacial score (nSPS) is 30.2. The summed E-state index contributed by atoms with van der Waals surface area (Å²) in [4.78, 5) is 11.3. The number of nitrogens with zero attached hydrogens (tertiary/aromatic N) is 2. The van der Waals surface area contributed by atoms with Gasteiger partial charge in [0.15, 0.2) is 0 Å². The van der Waals surface area contributed by atoms with Crippen molar-refractivity contribution in [2.75, 3.05) is 0 Å². The molecule has 16 heavy (non-hydrogen) atoms. The Kier molecular flexibility index (Phi) is 3.20. The number of carbonyl (C=O) groups excluding carboxylic acids is 1. The van der Waals surface area contributed by atoms with Crippen LogP contribution < -0.4 is 11.5 Å². The first-order chi connectivity index (χ1) is 7.51. The topological polar surface area (TPSA) is 86.9 Å². The highest BCUT2D eigenvalue weighted by atomic mass is 127. The van der Waals surface area contributed by atoms with Crippen LogP contribution in [-0.4, -0.2) is 21.2 Å². The predicted octanol–water partition coefficient (Wildman–Crippen LogP) is 0.786. The lowest BCUT2D eigenvalue weighted by molar-refractivity contribution is -0.124. The van der Waals surface area contributed by atoms with Gasteiger partial charge in [-0.3, -0.25) is 9.48 Å². The maximum atomic E-state index is 11.3. The van der Waals surface area contributed by atoms with Gasteiger partial charge in [0.2, 0.25) is 5.91 Å². The van der Waals surface area contributed by atoms with Gasteiger partial charge < -0.3 is 11.5 Å². The lowest BCUT2D eigenvalue weighted by Gasteiger charge is -2.35. The van der Waals surface area contributed by atoms with Crippen LogP contribution in [0, 0.1) is 3.57 Å². The second-order valence-corrected chi connectivity index (χ2v) is 5.65. The van der Waals surface area contributed by atoms with E-state index in [1.807, 2.05) is 10.9 Å². The van der Waals surface area contributed by atoms with Crippen molar-refractivity contribution in [2.45, 2.75) is 37.3 Å². The first kappa shape index (κ1) is 11.8. The van der Waals surface area contributed by atoms with Crippen LogP contribution in [0.3, 0.4) is 0 Å². The number of aromatic nitrogens is 2. The molecule has 1 heterocycles. The fourth-order valence-corrected chi connectivity index (χ4v) is 2.65. The zero-order valence-electron chi connectivity index (χ0n) is 8.90. The SMILES string of the molecule is NC(=O)C1(N)CCCC(n2cc(I)cn2)C1. The number of halogens is 1. The Balaban J connectivity index is 2.16. The van der Waals surface area contributed by atoms with E-state index in [4.69, 9.17) is 11.5 Å². The van der Waals surface area contributed by atoms with Gasteiger partial charge in [0, 0.05) is 6.20 Å². The van der Waals surface area contributed by atoms with Crippen LogP contribution in [0.25, 0.3) is 0 Å². The maximum absolute atomic E-state index is 11.3. The summed E-state index contributed by atoms with van der Waals surface area (Å²) in [6, 6.07) is 0.190. The molecule has 1 saturated carbocycles. The molecule has 1 fully saturated rings. The lowest BCUT2D eigenvalue weighted by Crippen LogP contribution is -2.54. The van der Waals surface area contributed by atoms with Crippen molar-refractivity contribution in [3.05, 3.63) is 16.0 Å². The zero-order chi connectivity index (χ0) is 11.8. The van der Waals surface area contributed by atoms with Crippen LogP contribution in [0.15, 0.2) is 12.4 Å². The van der Waals surface area contributed by atoms with Gasteiger partial charge in [-0.25, -0.2) is 0 Å². The first-order valence-corrected chi connectivity index (χ1v) is 6.37. The molecule has 2 atom stereocenters. The van der Waals surface area contributed by atoms with Crippen molar-refractivity contribution < 1.29 is 4.79 Å². The van der Waals surface area contributed by atoms with Crippen molar-refractivity contribution in [1.82, 2.24) is 9.78 Å². The number of hydrogen-bond acceptors (Lipinski definition) is 3. The number of nitrogens with two attached hydrogens (primary N) is 2. The summed E-state index contributed by atoms with van der Waals surface area (Å²) in [5.74, 6) is -0.404. The number of primary amides is 1. The van der Waals surface area contributed by atoms with E-state index in [9.17, 15) is 4.79 Å². The minimum absolute atomic E-state index is 0.190.